The summed E-state index contributed by atoms with van der Waals surface area (Å²) in [5.74, 6) is -0.728. The fourth-order valence-electron chi connectivity index (χ4n) is 2.60. The molecule has 1 aromatic heterocycles. The Hall–Kier alpha value is -1.40. The molecule has 1 saturated heterocycles. The number of carboxylic acid groups (broad SMARTS) is 1. The molecule has 0 spiro atoms. The van der Waals surface area contributed by atoms with E-state index >= 15 is 0 Å². The Morgan fingerprint density at radius 2 is 1.95 bits per heavy atom. The molecule has 0 atom stereocenters. The number of carbonyl (C=O) groups is 2. The Kier molecular flexibility index (Phi) is 5.36. The van der Waals surface area contributed by atoms with Gasteiger partial charge in [0, 0.05) is 31.1 Å². The number of piperazine rings is 1. The summed E-state index contributed by atoms with van der Waals surface area (Å²) in [5.41, 5.74) is 1.27. The minimum absolute atomic E-state index is 0.0563. The van der Waals surface area contributed by atoms with Crippen LogP contribution >= 0.6 is 11.3 Å². The first-order valence-electron chi connectivity index (χ1n) is 7.34. The fourth-order valence-corrected chi connectivity index (χ4v) is 3.64. The monoisotopic (exact) mass is 310 g/mol. The van der Waals surface area contributed by atoms with Gasteiger partial charge in [0.25, 0.3) is 5.91 Å². The number of hydrogen-bond donors (Lipinski definition) is 1. The van der Waals surface area contributed by atoms with E-state index in [4.69, 9.17) is 5.11 Å². The lowest BCUT2D eigenvalue weighted by Crippen LogP contribution is -2.49. The third-order valence-corrected chi connectivity index (χ3v) is 4.85. The topological polar surface area (TPSA) is 60.9 Å². The molecule has 2 heterocycles. The van der Waals surface area contributed by atoms with Gasteiger partial charge < -0.3 is 10.0 Å². The van der Waals surface area contributed by atoms with Crippen LogP contribution in [0.1, 0.15) is 33.5 Å². The molecular weight excluding hydrogens is 288 g/mol. The van der Waals surface area contributed by atoms with Crippen LogP contribution in [0.4, 0.5) is 0 Å². The van der Waals surface area contributed by atoms with Crippen molar-refractivity contribution >= 4 is 23.2 Å². The molecule has 1 N–H and O–H groups in total. The van der Waals surface area contributed by atoms with E-state index < -0.39 is 5.97 Å². The number of amides is 1. The Bertz CT molecular complexity index is 519. The van der Waals surface area contributed by atoms with Gasteiger partial charge in [0.05, 0.1) is 11.4 Å². The molecule has 0 unspecified atom stereocenters. The van der Waals surface area contributed by atoms with E-state index in [2.05, 4.69) is 13.8 Å². The number of carbonyl (C=O) groups excluding carboxylic acids is 1. The summed E-state index contributed by atoms with van der Waals surface area (Å²) in [6, 6.07) is 2.02. The smallest absolute Gasteiger partial charge is 0.317 e. The van der Waals surface area contributed by atoms with Gasteiger partial charge in [-0.2, -0.15) is 0 Å². The third kappa shape index (κ3) is 4.04. The molecule has 116 valence electrons. The highest BCUT2D eigenvalue weighted by molar-refractivity contribution is 7.14. The highest BCUT2D eigenvalue weighted by Gasteiger charge is 2.24. The molecule has 1 aliphatic heterocycles. The van der Waals surface area contributed by atoms with Crippen molar-refractivity contribution in [2.75, 3.05) is 32.7 Å². The molecule has 0 radical (unpaired) electrons. The maximum absolute atomic E-state index is 12.5. The summed E-state index contributed by atoms with van der Waals surface area (Å²) in [6.07, 6.45) is 2.10. The van der Waals surface area contributed by atoms with Crippen molar-refractivity contribution < 1.29 is 14.7 Å². The quantitative estimate of drug-likeness (QED) is 0.901. The first kappa shape index (κ1) is 16.0. The zero-order valence-electron chi connectivity index (χ0n) is 12.6. The number of nitrogens with zero attached hydrogens (tertiary/aromatic N) is 2. The molecular formula is C15H22N2O3S. The first-order chi connectivity index (χ1) is 10.0. The van der Waals surface area contributed by atoms with Crippen molar-refractivity contribution in [2.24, 2.45) is 0 Å². The van der Waals surface area contributed by atoms with Gasteiger partial charge in [-0.25, -0.2) is 0 Å². The summed E-state index contributed by atoms with van der Waals surface area (Å²) >= 11 is 1.57. The van der Waals surface area contributed by atoms with E-state index in [0.29, 0.717) is 26.2 Å². The Morgan fingerprint density at radius 3 is 2.52 bits per heavy atom. The van der Waals surface area contributed by atoms with Gasteiger partial charge in [-0.1, -0.05) is 13.3 Å². The van der Waals surface area contributed by atoms with Gasteiger partial charge in [-0.05, 0) is 25.0 Å². The summed E-state index contributed by atoms with van der Waals surface area (Å²) in [6.45, 7) is 6.73. The van der Waals surface area contributed by atoms with Crippen LogP contribution in [-0.4, -0.2) is 59.5 Å². The zero-order chi connectivity index (χ0) is 15.4. The molecule has 5 nitrogen and oxygen atoms in total. The maximum Gasteiger partial charge on any atom is 0.317 e. The Labute approximate surface area is 129 Å². The van der Waals surface area contributed by atoms with Crippen LogP contribution in [0.5, 0.6) is 0 Å². The number of hydrogen-bond acceptors (Lipinski definition) is 4. The first-order valence-corrected chi connectivity index (χ1v) is 8.15. The van der Waals surface area contributed by atoms with Crippen LogP contribution in [0.25, 0.3) is 0 Å². The van der Waals surface area contributed by atoms with Gasteiger partial charge in [0.15, 0.2) is 0 Å². The molecule has 1 amide bonds. The number of carboxylic acids is 1. The number of aliphatic carboxylic acids is 1. The van der Waals surface area contributed by atoms with Crippen LogP contribution in [0.2, 0.25) is 0 Å². The average molecular weight is 310 g/mol. The van der Waals surface area contributed by atoms with E-state index in [-0.39, 0.29) is 12.5 Å². The Balaban J connectivity index is 1.95. The van der Waals surface area contributed by atoms with Crippen molar-refractivity contribution in [3.05, 3.63) is 21.4 Å². The predicted molar refractivity (Wildman–Crippen MR) is 83.0 cm³/mol. The van der Waals surface area contributed by atoms with Gasteiger partial charge in [-0.15, -0.1) is 11.3 Å². The normalized spacial score (nSPS) is 16.2. The van der Waals surface area contributed by atoms with Crippen molar-refractivity contribution in [3.8, 4) is 0 Å². The highest BCUT2D eigenvalue weighted by Crippen LogP contribution is 2.24. The van der Waals surface area contributed by atoms with Crippen LogP contribution in [0, 0.1) is 6.92 Å². The maximum atomic E-state index is 12.5. The second kappa shape index (κ2) is 7.04. The van der Waals surface area contributed by atoms with E-state index in [1.54, 1.807) is 11.3 Å². The predicted octanol–water partition coefficient (Wildman–Crippen LogP) is 1.85. The number of aryl methyl sites for hydroxylation is 2. The van der Waals surface area contributed by atoms with E-state index in [9.17, 15) is 9.59 Å². The van der Waals surface area contributed by atoms with E-state index in [0.717, 1.165) is 17.7 Å². The van der Waals surface area contributed by atoms with E-state index in [1.807, 2.05) is 15.9 Å². The van der Waals surface area contributed by atoms with Gasteiger partial charge in [-0.3, -0.25) is 14.5 Å². The standard InChI is InChI=1S/C15H22N2O3S/c1-3-4-12-9-13(21-11(12)2)15(20)17-7-5-16(6-8-17)10-14(18)19/h9H,3-8,10H2,1-2H3,(H,18,19). The second-order valence-electron chi connectivity index (χ2n) is 5.40. The van der Waals surface area contributed by atoms with Crippen LogP contribution < -0.4 is 0 Å². The minimum atomic E-state index is -0.812. The Morgan fingerprint density at radius 1 is 1.29 bits per heavy atom. The SMILES string of the molecule is CCCc1cc(C(=O)N2CCN(CC(=O)O)CC2)sc1C. The minimum Gasteiger partial charge on any atom is -0.480 e. The largest absolute Gasteiger partial charge is 0.480 e. The van der Waals surface area contributed by atoms with Crippen LogP contribution in [0.15, 0.2) is 6.07 Å². The fraction of sp³-hybridized carbons (Fsp3) is 0.600. The lowest BCUT2D eigenvalue weighted by molar-refractivity contribution is -0.138. The van der Waals surface area contributed by atoms with E-state index in [1.165, 1.54) is 10.4 Å². The van der Waals surface area contributed by atoms with Gasteiger partial charge in [0.1, 0.15) is 0 Å². The molecule has 0 saturated carbocycles. The lowest BCUT2D eigenvalue weighted by atomic mass is 10.1. The van der Waals surface area contributed by atoms with Gasteiger partial charge >= 0.3 is 5.97 Å². The number of thiophene rings is 1. The summed E-state index contributed by atoms with van der Waals surface area (Å²) in [7, 11) is 0. The molecule has 1 fully saturated rings. The molecule has 0 aliphatic carbocycles. The average Bonchev–Trinajstić information content (AvgIpc) is 2.80. The summed E-state index contributed by atoms with van der Waals surface area (Å²) in [4.78, 5) is 28.9. The summed E-state index contributed by atoms with van der Waals surface area (Å²) in [5, 5.41) is 8.78. The van der Waals surface area contributed by atoms with Crippen LogP contribution in [0.3, 0.4) is 0 Å². The second-order valence-corrected chi connectivity index (χ2v) is 6.66. The molecule has 6 heteroatoms. The summed E-state index contributed by atoms with van der Waals surface area (Å²) < 4.78 is 0. The molecule has 1 aromatic rings. The highest BCUT2D eigenvalue weighted by atomic mass is 32.1. The van der Waals surface area contributed by atoms with Crippen molar-refractivity contribution in [2.45, 2.75) is 26.7 Å². The molecule has 0 bridgehead atoms. The van der Waals surface area contributed by atoms with Crippen molar-refractivity contribution in [1.82, 2.24) is 9.80 Å². The van der Waals surface area contributed by atoms with Gasteiger partial charge in [0.2, 0.25) is 0 Å². The van der Waals surface area contributed by atoms with Crippen LogP contribution in [-0.2, 0) is 11.2 Å². The molecule has 1 aliphatic rings. The number of rotatable bonds is 5. The molecule has 0 aromatic carbocycles. The molecule has 2 rings (SSSR count). The zero-order valence-corrected chi connectivity index (χ0v) is 13.4. The lowest BCUT2D eigenvalue weighted by Gasteiger charge is -2.33. The molecule has 21 heavy (non-hydrogen) atoms. The van der Waals surface area contributed by atoms with Crippen molar-refractivity contribution in [3.63, 3.8) is 0 Å². The van der Waals surface area contributed by atoms with Crippen molar-refractivity contribution in [1.29, 1.82) is 0 Å². The third-order valence-electron chi connectivity index (χ3n) is 3.77.